The second kappa shape index (κ2) is 9.71. The molecule has 0 aliphatic heterocycles. The summed E-state index contributed by atoms with van der Waals surface area (Å²) >= 11 is 0. The van der Waals surface area contributed by atoms with Crippen molar-refractivity contribution in [3.05, 3.63) is 55.7 Å². The number of fused-ring (bicyclic) bond motifs is 1. The van der Waals surface area contributed by atoms with Gasteiger partial charge in [-0.05, 0) is 30.9 Å². The third kappa shape index (κ3) is 4.68. The first-order valence-corrected chi connectivity index (χ1v) is 10.8. The van der Waals surface area contributed by atoms with Gasteiger partial charge in [0.1, 0.15) is 12.4 Å². The van der Waals surface area contributed by atoms with E-state index in [-0.39, 0.29) is 30.5 Å². The molecule has 0 bridgehead atoms. The molecule has 3 rings (SSSR count). The van der Waals surface area contributed by atoms with Gasteiger partial charge in [-0.2, -0.15) is 0 Å². The maximum absolute atomic E-state index is 13.4. The van der Waals surface area contributed by atoms with Crippen molar-refractivity contribution < 1.29 is 9.21 Å². The van der Waals surface area contributed by atoms with Crippen molar-refractivity contribution in [1.29, 1.82) is 0 Å². The van der Waals surface area contributed by atoms with Gasteiger partial charge >= 0.3 is 11.4 Å². The van der Waals surface area contributed by atoms with E-state index in [1.165, 1.54) is 14.0 Å². The number of H-pyrrole nitrogens is 1. The molecule has 10 nitrogen and oxygen atoms in total. The Bertz CT molecular complexity index is 1280. The number of anilines is 2. The molecule has 0 radical (unpaired) electrons. The van der Waals surface area contributed by atoms with E-state index in [0.29, 0.717) is 30.5 Å². The molecule has 0 spiro atoms. The molecule has 172 valence electrons. The number of nitrogen functional groups attached to an aromatic ring is 1. The van der Waals surface area contributed by atoms with E-state index >= 15 is 0 Å². The number of hydrogen-bond donors (Lipinski definition) is 2. The van der Waals surface area contributed by atoms with Crippen molar-refractivity contribution in [2.24, 2.45) is 5.92 Å². The Morgan fingerprint density at radius 3 is 2.59 bits per heavy atom. The van der Waals surface area contributed by atoms with E-state index < -0.39 is 22.9 Å². The highest BCUT2D eigenvalue weighted by molar-refractivity contribution is 5.96. The lowest BCUT2D eigenvalue weighted by molar-refractivity contribution is -0.119. The molecule has 3 N–H and O–H groups in total. The van der Waals surface area contributed by atoms with Crippen LogP contribution in [0.4, 0.5) is 11.5 Å². The molecule has 0 aliphatic carbocycles. The molecular weight excluding hydrogens is 414 g/mol. The molecule has 0 atom stereocenters. The van der Waals surface area contributed by atoms with Crippen molar-refractivity contribution in [2.45, 2.75) is 53.1 Å². The van der Waals surface area contributed by atoms with E-state index in [4.69, 9.17) is 10.2 Å². The van der Waals surface area contributed by atoms with Gasteiger partial charge in [0.05, 0.1) is 5.52 Å². The molecular formula is C22H29N5O5. The Labute approximate surface area is 184 Å². The Morgan fingerprint density at radius 1 is 1.19 bits per heavy atom. The average molecular weight is 444 g/mol. The van der Waals surface area contributed by atoms with Crippen molar-refractivity contribution in [2.75, 3.05) is 17.2 Å². The second-order valence-corrected chi connectivity index (χ2v) is 8.15. The number of aromatic nitrogens is 3. The van der Waals surface area contributed by atoms with Gasteiger partial charge in [0.25, 0.3) is 5.56 Å². The van der Waals surface area contributed by atoms with Crippen LogP contribution in [0.5, 0.6) is 0 Å². The molecule has 32 heavy (non-hydrogen) atoms. The zero-order valence-electron chi connectivity index (χ0n) is 18.6. The molecule has 0 unspecified atom stereocenters. The molecule has 1 aromatic carbocycles. The molecule has 1 amide bonds. The zero-order valence-corrected chi connectivity index (χ0v) is 18.6. The topological polar surface area (TPSA) is 136 Å². The van der Waals surface area contributed by atoms with Crippen LogP contribution in [0, 0.1) is 5.92 Å². The quantitative estimate of drug-likeness (QED) is 0.518. The van der Waals surface area contributed by atoms with Crippen molar-refractivity contribution >= 4 is 28.5 Å². The fraction of sp³-hybridized carbons (Fsp3) is 0.455. The van der Waals surface area contributed by atoms with Gasteiger partial charge in [-0.3, -0.25) is 23.7 Å². The summed E-state index contributed by atoms with van der Waals surface area (Å²) in [5.41, 5.74) is 5.64. The third-order valence-electron chi connectivity index (χ3n) is 5.32. The van der Waals surface area contributed by atoms with Gasteiger partial charge in [-0.15, -0.1) is 0 Å². The monoisotopic (exact) mass is 443 g/mol. The summed E-state index contributed by atoms with van der Waals surface area (Å²) in [7, 11) is 0. The van der Waals surface area contributed by atoms with Crippen LogP contribution in [-0.2, 0) is 17.9 Å². The van der Waals surface area contributed by atoms with E-state index in [1.54, 1.807) is 24.3 Å². The predicted octanol–water partition coefficient (Wildman–Crippen LogP) is 1.91. The summed E-state index contributed by atoms with van der Waals surface area (Å²) in [6.45, 7) is 6.16. The Morgan fingerprint density at radius 2 is 1.91 bits per heavy atom. The normalized spacial score (nSPS) is 11.4. The highest BCUT2D eigenvalue weighted by Crippen LogP contribution is 2.20. The summed E-state index contributed by atoms with van der Waals surface area (Å²) in [6.07, 6.45) is 2.11. The van der Waals surface area contributed by atoms with Crippen LogP contribution >= 0.6 is 0 Å². The van der Waals surface area contributed by atoms with Gasteiger partial charge in [0.2, 0.25) is 5.91 Å². The molecule has 3 aromatic rings. The van der Waals surface area contributed by atoms with Crippen LogP contribution in [0.1, 0.15) is 40.0 Å². The minimum atomic E-state index is -0.734. The van der Waals surface area contributed by atoms with Crippen LogP contribution in [0.2, 0.25) is 0 Å². The Kier molecular flexibility index (Phi) is 7.01. The van der Waals surface area contributed by atoms with Crippen molar-refractivity contribution in [3.8, 4) is 0 Å². The molecule has 2 aromatic heterocycles. The van der Waals surface area contributed by atoms with E-state index in [1.807, 2.05) is 20.8 Å². The number of nitrogens with zero attached hydrogens (tertiary/aromatic N) is 3. The maximum Gasteiger partial charge on any atom is 0.420 e. The fourth-order valence-corrected chi connectivity index (χ4v) is 3.51. The minimum absolute atomic E-state index is 0.0614. The smallest absolute Gasteiger partial charge is 0.408 e. The van der Waals surface area contributed by atoms with E-state index in [0.717, 1.165) is 6.42 Å². The van der Waals surface area contributed by atoms with Crippen LogP contribution in [0.15, 0.2) is 43.1 Å². The molecule has 0 fully saturated rings. The lowest BCUT2D eigenvalue weighted by Crippen LogP contribution is -2.43. The lowest BCUT2D eigenvalue weighted by atomic mass is 10.1. The highest BCUT2D eigenvalue weighted by Gasteiger charge is 2.25. The van der Waals surface area contributed by atoms with Crippen LogP contribution < -0.4 is 27.6 Å². The first kappa shape index (κ1) is 23.1. The van der Waals surface area contributed by atoms with E-state index in [9.17, 15) is 19.2 Å². The number of carbonyl (C=O) groups is 1. The summed E-state index contributed by atoms with van der Waals surface area (Å²) in [6, 6.07) is 6.78. The maximum atomic E-state index is 13.4. The number of rotatable bonds is 9. The second-order valence-electron chi connectivity index (χ2n) is 8.15. The Hall–Kier alpha value is -3.56. The largest absolute Gasteiger partial charge is 0.420 e. The molecule has 2 heterocycles. The highest BCUT2D eigenvalue weighted by atomic mass is 16.4. The number of hydrogen-bond acceptors (Lipinski definition) is 6. The first-order valence-electron chi connectivity index (χ1n) is 10.8. The van der Waals surface area contributed by atoms with Crippen LogP contribution in [0.3, 0.4) is 0 Å². The van der Waals surface area contributed by atoms with Crippen molar-refractivity contribution in [3.63, 3.8) is 0 Å². The number of amides is 1. The summed E-state index contributed by atoms with van der Waals surface area (Å²) in [4.78, 5) is 54.3. The van der Waals surface area contributed by atoms with Gasteiger partial charge in [-0.25, -0.2) is 9.59 Å². The van der Waals surface area contributed by atoms with Crippen LogP contribution in [-0.4, -0.2) is 26.6 Å². The number of aromatic amines is 1. The standard InChI is InChI=1S/C22H29N5O5/c1-4-5-11-26-19(23)18(20(29)24-21(26)30)25(12-10-14(2)3)17(28)13-27-15-8-6-7-9-16(15)32-22(27)31/h6-9,14H,4-5,10-13,23H2,1-3H3,(H,24,29,30). The van der Waals surface area contributed by atoms with Gasteiger partial charge in [0, 0.05) is 13.1 Å². The SMILES string of the molecule is CCCCn1c(N)c(N(CCC(C)C)C(=O)Cn2c(=O)oc3ccccc32)c(=O)[nH]c1=O. The molecule has 10 heteroatoms. The van der Waals surface area contributed by atoms with Crippen molar-refractivity contribution in [1.82, 2.24) is 14.1 Å². The zero-order chi connectivity index (χ0) is 23.4. The molecule has 0 saturated heterocycles. The number of unbranched alkanes of at least 4 members (excludes halogenated alkanes) is 1. The van der Waals surface area contributed by atoms with Gasteiger partial charge < -0.3 is 15.1 Å². The molecule has 0 aliphatic rings. The fourth-order valence-electron chi connectivity index (χ4n) is 3.51. The summed E-state index contributed by atoms with van der Waals surface area (Å²) in [5, 5.41) is 0. The van der Waals surface area contributed by atoms with Gasteiger partial charge in [0.15, 0.2) is 11.3 Å². The number of oxazole rings is 1. The Balaban J connectivity index is 2.06. The number of nitrogens with two attached hydrogens (primary N) is 1. The van der Waals surface area contributed by atoms with Crippen LogP contribution in [0.25, 0.3) is 11.1 Å². The third-order valence-corrected chi connectivity index (χ3v) is 5.32. The number of carbonyl (C=O) groups excluding carboxylic acids is 1. The number of nitrogens with one attached hydrogen (secondary N) is 1. The summed E-state index contributed by atoms with van der Waals surface area (Å²) < 4.78 is 7.70. The first-order chi connectivity index (χ1) is 15.2. The minimum Gasteiger partial charge on any atom is -0.408 e. The number of para-hydroxylation sites is 2. The van der Waals surface area contributed by atoms with Gasteiger partial charge in [-0.1, -0.05) is 39.3 Å². The average Bonchev–Trinajstić information content (AvgIpc) is 3.05. The molecule has 0 saturated carbocycles. The van der Waals surface area contributed by atoms with E-state index in [2.05, 4.69) is 4.98 Å². The number of benzene rings is 1. The predicted molar refractivity (Wildman–Crippen MR) is 123 cm³/mol. The summed E-state index contributed by atoms with van der Waals surface area (Å²) in [5.74, 6) is -0.988. The lowest BCUT2D eigenvalue weighted by Gasteiger charge is -2.25.